The van der Waals surface area contributed by atoms with E-state index >= 15 is 0 Å². The third kappa shape index (κ3) is 4.98. The summed E-state index contributed by atoms with van der Waals surface area (Å²) in [5.41, 5.74) is 13.2. The van der Waals surface area contributed by atoms with Gasteiger partial charge >= 0.3 is 0 Å². The third-order valence-electron chi connectivity index (χ3n) is 11.0. The molecule has 0 aliphatic rings. The number of furan rings is 1. The minimum atomic E-state index is 0.864. The molecule has 0 saturated heterocycles. The molecule has 9 aromatic carbocycles. The zero-order valence-corrected chi connectivity index (χ0v) is 29.9. The fourth-order valence-corrected chi connectivity index (χ4v) is 8.54. The predicted molar refractivity (Wildman–Crippen MR) is 231 cm³/mol. The van der Waals surface area contributed by atoms with Crippen LogP contribution in [0.25, 0.3) is 82.5 Å². The molecule has 55 heavy (non-hydrogen) atoms. The molecule has 0 N–H and O–H groups in total. The van der Waals surface area contributed by atoms with Crippen LogP contribution >= 0.6 is 0 Å². The summed E-state index contributed by atoms with van der Waals surface area (Å²) in [5.74, 6) is 0. The molecule has 0 radical (unpaired) electrons. The maximum absolute atomic E-state index is 6.70. The van der Waals surface area contributed by atoms with Crippen molar-refractivity contribution < 1.29 is 4.42 Å². The number of anilines is 3. The van der Waals surface area contributed by atoms with Crippen molar-refractivity contribution in [1.29, 1.82) is 0 Å². The number of fused-ring (bicyclic) bond motifs is 8. The highest BCUT2D eigenvalue weighted by Gasteiger charge is 2.23. The van der Waals surface area contributed by atoms with Crippen LogP contribution < -0.4 is 4.90 Å². The van der Waals surface area contributed by atoms with Crippen LogP contribution in [0.2, 0.25) is 0 Å². The van der Waals surface area contributed by atoms with Gasteiger partial charge in [0, 0.05) is 38.4 Å². The number of rotatable bonds is 6. The average Bonchev–Trinajstić information content (AvgIpc) is 3.81. The maximum Gasteiger partial charge on any atom is 0.143 e. The van der Waals surface area contributed by atoms with E-state index in [4.69, 9.17) is 4.42 Å². The molecule has 2 aromatic heterocycles. The Labute approximate surface area is 318 Å². The van der Waals surface area contributed by atoms with Crippen molar-refractivity contribution in [1.82, 2.24) is 4.57 Å². The zero-order chi connectivity index (χ0) is 36.3. The Bertz CT molecular complexity index is 3150. The maximum atomic E-state index is 6.70. The number of hydrogen-bond donors (Lipinski definition) is 0. The molecule has 0 spiro atoms. The Hall–Kier alpha value is -7.36. The molecule has 0 fully saturated rings. The zero-order valence-electron chi connectivity index (χ0n) is 29.9. The van der Waals surface area contributed by atoms with Crippen molar-refractivity contribution >= 4 is 71.6 Å². The molecular formula is C52H34N2O. The number of aromatic nitrogens is 1. The van der Waals surface area contributed by atoms with Crippen molar-refractivity contribution in [2.45, 2.75) is 0 Å². The van der Waals surface area contributed by atoms with Crippen LogP contribution in [0.15, 0.2) is 211 Å². The van der Waals surface area contributed by atoms with E-state index in [-0.39, 0.29) is 0 Å². The summed E-state index contributed by atoms with van der Waals surface area (Å²) < 4.78 is 9.11. The lowest BCUT2D eigenvalue weighted by Gasteiger charge is -2.28. The first-order chi connectivity index (χ1) is 27.3. The van der Waals surface area contributed by atoms with Crippen molar-refractivity contribution in [2.24, 2.45) is 0 Å². The standard InChI is InChI=1S/C52H34N2O/c1-2-15-35(16-3-1)39-18-6-10-23-45(39)53(49-27-14-28-50-51(49)44-34-31-36-17-4-5-20-41(36)52(44)55-50)38-32-29-37(30-33-38)40-19-7-11-24-46(40)54-47-25-12-8-21-42(47)43-22-9-13-26-48(43)54/h1-34H. The van der Waals surface area contributed by atoms with E-state index in [1.54, 1.807) is 0 Å². The van der Waals surface area contributed by atoms with Gasteiger partial charge in [0.25, 0.3) is 0 Å². The first-order valence-electron chi connectivity index (χ1n) is 18.8. The fraction of sp³-hybridized carbons (Fsp3) is 0. The number of nitrogens with zero attached hydrogens (tertiary/aromatic N) is 2. The minimum Gasteiger partial charge on any atom is -0.455 e. The molecule has 3 heteroatoms. The van der Waals surface area contributed by atoms with Gasteiger partial charge in [0.2, 0.25) is 0 Å². The third-order valence-corrected chi connectivity index (χ3v) is 11.0. The number of benzene rings is 9. The molecule has 0 unspecified atom stereocenters. The van der Waals surface area contributed by atoms with Crippen LogP contribution in [-0.2, 0) is 0 Å². The van der Waals surface area contributed by atoms with Gasteiger partial charge in [-0.25, -0.2) is 0 Å². The van der Waals surface area contributed by atoms with Crippen molar-refractivity contribution in [3.05, 3.63) is 206 Å². The van der Waals surface area contributed by atoms with Crippen molar-refractivity contribution in [2.75, 3.05) is 4.90 Å². The Balaban J connectivity index is 1.12. The summed E-state index contributed by atoms with van der Waals surface area (Å²) in [7, 11) is 0. The van der Waals surface area contributed by atoms with Crippen LogP contribution in [0, 0.1) is 0 Å². The molecule has 3 nitrogen and oxygen atoms in total. The highest BCUT2D eigenvalue weighted by atomic mass is 16.3. The van der Waals surface area contributed by atoms with Gasteiger partial charge in [-0.15, -0.1) is 0 Å². The molecular weight excluding hydrogens is 669 g/mol. The van der Waals surface area contributed by atoms with Gasteiger partial charge in [-0.1, -0.05) is 152 Å². The van der Waals surface area contributed by atoms with Gasteiger partial charge < -0.3 is 13.9 Å². The predicted octanol–water partition coefficient (Wildman–Crippen LogP) is 14.6. The Morgan fingerprint density at radius 1 is 0.382 bits per heavy atom. The molecule has 0 atom stereocenters. The van der Waals surface area contributed by atoms with E-state index in [0.29, 0.717) is 0 Å². The first kappa shape index (κ1) is 31.2. The molecule has 0 saturated carbocycles. The summed E-state index contributed by atoms with van der Waals surface area (Å²) in [4.78, 5) is 2.40. The van der Waals surface area contributed by atoms with E-state index in [0.717, 1.165) is 66.8 Å². The van der Waals surface area contributed by atoms with Crippen LogP contribution in [0.1, 0.15) is 0 Å². The Morgan fingerprint density at radius 2 is 0.982 bits per heavy atom. The van der Waals surface area contributed by atoms with Gasteiger partial charge in [-0.2, -0.15) is 0 Å². The van der Waals surface area contributed by atoms with Gasteiger partial charge in [0.15, 0.2) is 0 Å². The fourth-order valence-electron chi connectivity index (χ4n) is 8.54. The topological polar surface area (TPSA) is 21.3 Å². The summed E-state index contributed by atoms with van der Waals surface area (Å²) >= 11 is 0. The summed E-state index contributed by atoms with van der Waals surface area (Å²) in [6.07, 6.45) is 0. The number of hydrogen-bond acceptors (Lipinski definition) is 2. The van der Waals surface area contributed by atoms with Gasteiger partial charge in [0.1, 0.15) is 11.2 Å². The molecule has 11 aromatic rings. The van der Waals surface area contributed by atoms with E-state index < -0.39 is 0 Å². The van der Waals surface area contributed by atoms with E-state index in [1.165, 1.54) is 32.8 Å². The highest BCUT2D eigenvalue weighted by molar-refractivity contribution is 6.20. The number of para-hydroxylation sites is 4. The van der Waals surface area contributed by atoms with Crippen LogP contribution in [-0.4, -0.2) is 4.57 Å². The molecule has 11 rings (SSSR count). The molecule has 0 aliphatic heterocycles. The van der Waals surface area contributed by atoms with Crippen LogP contribution in [0.5, 0.6) is 0 Å². The molecule has 0 bridgehead atoms. The molecule has 2 heterocycles. The summed E-state index contributed by atoms with van der Waals surface area (Å²) in [5, 5.41) is 6.98. The van der Waals surface area contributed by atoms with Crippen LogP contribution in [0.4, 0.5) is 17.1 Å². The van der Waals surface area contributed by atoms with E-state index in [2.05, 4.69) is 216 Å². The van der Waals surface area contributed by atoms with Crippen LogP contribution in [0.3, 0.4) is 0 Å². The second-order valence-electron chi connectivity index (χ2n) is 14.1. The lowest BCUT2D eigenvalue weighted by Crippen LogP contribution is -2.11. The second-order valence-corrected chi connectivity index (χ2v) is 14.1. The van der Waals surface area contributed by atoms with E-state index in [9.17, 15) is 0 Å². The van der Waals surface area contributed by atoms with Gasteiger partial charge in [0.05, 0.1) is 33.5 Å². The quantitative estimate of drug-likeness (QED) is 0.172. The lowest BCUT2D eigenvalue weighted by atomic mass is 9.99. The Morgan fingerprint density at radius 3 is 1.76 bits per heavy atom. The molecule has 0 aliphatic carbocycles. The van der Waals surface area contributed by atoms with Gasteiger partial charge in [-0.05, 0) is 71.1 Å². The molecule has 258 valence electrons. The lowest BCUT2D eigenvalue weighted by molar-refractivity contribution is 0.672. The normalized spacial score (nSPS) is 11.6. The van der Waals surface area contributed by atoms with Crippen molar-refractivity contribution in [3.8, 4) is 27.9 Å². The molecule has 0 amide bonds. The smallest absolute Gasteiger partial charge is 0.143 e. The van der Waals surface area contributed by atoms with E-state index in [1.807, 2.05) is 0 Å². The monoisotopic (exact) mass is 702 g/mol. The SMILES string of the molecule is c1ccc(-c2ccccc2N(c2ccc(-c3ccccc3-n3c4ccccc4c4ccccc43)cc2)c2cccc3oc4c5ccccc5ccc4c23)cc1. The minimum absolute atomic E-state index is 0.864. The average molecular weight is 703 g/mol. The largest absolute Gasteiger partial charge is 0.455 e. The Kier molecular flexibility index (Phi) is 7.17. The second kappa shape index (κ2) is 12.6. The van der Waals surface area contributed by atoms with Crippen molar-refractivity contribution in [3.63, 3.8) is 0 Å². The van der Waals surface area contributed by atoms with Gasteiger partial charge in [-0.3, -0.25) is 0 Å². The summed E-state index contributed by atoms with van der Waals surface area (Å²) in [6.45, 7) is 0. The highest BCUT2D eigenvalue weighted by Crippen LogP contribution is 2.47. The first-order valence-corrected chi connectivity index (χ1v) is 18.8. The summed E-state index contributed by atoms with van der Waals surface area (Å²) in [6, 6.07) is 73.8.